The predicted octanol–water partition coefficient (Wildman–Crippen LogP) is 3.30. The Morgan fingerprint density at radius 2 is 2.20 bits per heavy atom. The summed E-state index contributed by atoms with van der Waals surface area (Å²) in [5, 5.41) is 3.59. The average Bonchev–Trinajstić information content (AvgIpc) is 2.44. The van der Waals surface area contributed by atoms with Crippen molar-refractivity contribution in [1.82, 2.24) is 10.2 Å². The number of nitrogens with zero attached hydrogens (tertiary/aromatic N) is 1. The standard InChI is InChI=1S/C15H23ClN2O2/c1-3-18(12-13-7-5-8-14(16)11-13)15(19)17-9-6-10-20-4-2/h5,7-8,11H,3-4,6,9-10,12H2,1-2H3,(H,17,19). The van der Waals surface area contributed by atoms with Crippen LogP contribution in [0.15, 0.2) is 24.3 Å². The van der Waals surface area contributed by atoms with E-state index in [0.717, 1.165) is 12.0 Å². The Balaban J connectivity index is 2.39. The Bertz CT molecular complexity index is 413. The number of hydrogen-bond donors (Lipinski definition) is 1. The average molecular weight is 299 g/mol. The minimum atomic E-state index is -0.0519. The summed E-state index contributed by atoms with van der Waals surface area (Å²) in [5.41, 5.74) is 1.03. The molecule has 1 rings (SSSR count). The first-order valence-corrected chi connectivity index (χ1v) is 7.40. The van der Waals surface area contributed by atoms with Crippen LogP contribution in [0.25, 0.3) is 0 Å². The summed E-state index contributed by atoms with van der Waals surface area (Å²) in [6.07, 6.45) is 0.828. The molecule has 112 valence electrons. The van der Waals surface area contributed by atoms with Crippen LogP contribution in [-0.4, -0.2) is 37.2 Å². The monoisotopic (exact) mass is 298 g/mol. The van der Waals surface area contributed by atoms with Gasteiger partial charge in [0.2, 0.25) is 0 Å². The van der Waals surface area contributed by atoms with Crippen molar-refractivity contribution in [3.63, 3.8) is 0 Å². The number of hydrogen-bond acceptors (Lipinski definition) is 2. The van der Waals surface area contributed by atoms with Crippen molar-refractivity contribution >= 4 is 17.6 Å². The molecule has 0 radical (unpaired) electrons. The Kier molecular flexibility index (Phi) is 8.07. The molecule has 0 spiro atoms. The topological polar surface area (TPSA) is 41.6 Å². The zero-order valence-electron chi connectivity index (χ0n) is 12.2. The van der Waals surface area contributed by atoms with Crippen molar-refractivity contribution in [3.05, 3.63) is 34.9 Å². The van der Waals surface area contributed by atoms with Crippen LogP contribution in [0.4, 0.5) is 4.79 Å². The first kappa shape index (κ1) is 16.8. The summed E-state index contributed by atoms with van der Waals surface area (Å²) >= 11 is 5.95. The summed E-state index contributed by atoms with van der Waals surface area (Å²) in [5.74, 6) is 0. The highest BCUT2D eigenvalue weighted by Crippen LogP contribution is 2.12. The number of carbonyl (C=O) groups excluding carboxylic acids is 1. The van der Waals surface area contributed by atoms with E-state index in [1.165, 1.54) is 0 Å². The summed E-state index contributed by atoms with van der Waals surface area (Å²) in [7, 11) is 0. The summed E-state index contributed by atoms with van der Waals surface area (Å²) < 4.78 is 5.23. The molecule has 1 N–H and O–H groups in total. The fraction of sp³-hybridized carbons (Fsp3) is 0.533. The largest absolute Gasteiger partial charge is 0.382 e. The molecule has 0 heterocycles. The van der Waals surface area contributed by atoms with Crippen LogP contribution in [0.2, 0.25) is 5.02 Å². The molecule has 20 heavy (non-hydrogen) atoms. The molecule has 0 saturated heterocycles. The summed E-state index contributed by atoms with van der Waals surface area (Å²) in [4.78, 5) is 13.8. The minimum absolute atomic E-state index is 0.0519. The van der Waals surface area contributed by atoms with Crippen LogP contribution in [0, 0.1) is 0 Å². The van der Waals surface area contributed by atoms with Gasteiger partial charge in [-0.15, -0.1) is 0 Å². The van der Waals surface area contributed by atoms with Crippen molar-refractivity contribution in [2.75, 3.05) is 26.3 Å². The minimum Gasteiger partial charge on any atom is -0.382 e. The Labute approximate surface area is 126 Å². The Morgan fingerprint density at radius 1 is 1.40 bits per heavy atom. The van der Waals surface area contributed by atoms with E-state index < -0.39 is 0 Å². The highest BCUT2D eigenvalue weighted by atomic mass is 35.5. The maximum absolute atomic E-state index is 12.0. The van der Waals surface area contributed by atoms with Crippen LogP contribution in [0.1, 0.15) is 25.8 Å². The third kappa shape index (κ3) is 6.26. The number of amides is 2. The van der Waals surface area contributed by atoms with E-state index >= 15 is 0 Å². The molecule has 0 fully saturated rings. The van der Waals surface area contributed by atoms with Crippen LogP contribution in [0.3, 0.4) is 0 Å². The highest BCUT2D eigenvalue weighted by Gasteiger charge is 2.11. The third-order valence-electron chi connectivity index (χ3n) is 2.88. The maximum atomic E-state index is 12.0. The van der Waals surface area contributed by atoms with Gasteiger partial charge in [-0.25, -0.2) is 4.79 Å². The van der Waals surface area contributed by atoms with E-state index in [2.05, 4.69) is 5.32 Å². The fourth-order valence-electron chi connectivity index (χ4n) is 1.81. The van der Waals surface area contributed by atoms with Crippen molar-refractivity contribution in [3.8, 4) is 0 Å². The van der Waals surface area contributed by atoms with Gasteiger partial charge in [0.15, 0.2) is 0 Å². The van der Waals surface area contributed by atoms with Gasteiger partial charge in [-0.3, -0.25) is 0 Å². The number of carbonyl (C=O) groups is 1. The number of urea groups is 1. The van der Waals surface area contributed by atoms with E-state index in [0.29, 0.717) is 37.9 Å². The molecule has 4 nitrogen and oxygen atoms in total. The molecular weight excluding hydrogens is 276 g/mol. The van der Waals surface area contributed by atoms with Crippen LogP contribution in [-0.2, 0) is 11.3 Å². The lowest BCUT2D eigenvalue weighted by atomic mass is 10.2. The number of halogens is 1. The lowest BCUT2D eigenvalue weighted by Gasteiger charge is -2.21. The predicted molar refractivity (Wildman–Crippen MR) is 82.0 cm³/mol. The molecule has 0 unspecified atom stereocenters. The number of rotatable bonds is 8. The van der Waals surface area contributed by atoms with Gasteiger partial charge in [-0.05, 0) is 38.0 Å². The molecule has 2 amide bonds. The van der Waals surface area contributed by atoms with Gasteiger partial charge in [0, 0.05) is 37.9 Å². The molecule has 0 aliphatic rings. The lowest BCUT2D eigenvalue weighted by Crippen LogP contribution is -2.40. The van der Waals surface area contributed by atoms with E-state index in [1.54, 1.807) is 4.90 Å². The Morgan fingerprint density at radius 3 is 2.85 bits per heavy atom. The van der Waals surface area contributed by atoms with Crippen molar-refractivity contribution < 1.29 is 9.53 Å². The first-order chi connectivity index (χ1) is 9.67. The van der Waals surface area contributed by atoms with E-state index in [1.807, 2.05) is 38.1 Å². The second kappa shape index (κ2) is 9.61. The smallest absolute Gasteiger partial charge is 0.317 e. The van der Waals surface area contributed by atoms with Gasteiger partial charge in [0.1, 0.15) is 0 Å². The summed E-state index contributed by atoms with van der Waals surface area (Å²) in [6.45, 7) is 7.16. The quantitative estimate of drug-likeness (QED) is 0.748. The van der Waals surface area contributed by atoms with E-state index in [9.17, 15) is 4.79 Å². The summed E-state index contributed by atoms with van der Waals surface area (Å²) in [6, 6.07) is 7.52. The highest BCUT2D eigenvalue weighted by molar-refractivity contribution is 6.30. The number of benzene rings is 1. The molecule has 0 saturated carbocycles. The zero-order chi connectivity index (χ0) is 14.8. The fourth-order valence-corrected chi connectivity index (χ4v) is 2.02. The molecule has 0 aliphatic carbocycles. The van der Waals surface area contributed by atoms with Crippen molar-refractivity contribution in [1.29, 1.82) is 0 Å². The number of ether oxygens (including phenoxy) is 1. The second-order valence-corrected chi connectivity index (χ2v) is 4.86. The molecule has 0 aliphatic heterocycles. The van der Waals surface area contributed by atoms with Crippen molar-refractivity contribution in [2.45, 2.75) is 26.8 Å². The van der Waals surface area contributed by atoms with Gasteiger partial charge in [-0.2, -0.15) is 0 Å². The molecule has 1 aromatic carbocycles. The van der Waals surface area contributed by atoms with Crippen LogP contribution < -0.4 is 5.32 Å². The lowest BCUT2D eigenvalue weighted by molar-refractivity contribution is 0.144. The van der Waals surface area contributed by atoms with E-state index in [-0.39, 0.29) is 6.03 Å². The van der Waals surface area contributed by atoms with Crippen LogP contribution in [0.5, 0.6) is 0 Å². The first-order valence-electron chi connectivity index (χ1n) is 7.02. The maximum Gasteiger partial charge on any atom is 0.317 e. The molecule has 0 atom stereocenters. The normalized spacial score (nSPS) is 10.3. The van der Waals surface area contributed by atoms with Crippen molar-refractivity contribution in [2.24, 2.45) is 0 Å². The second-order valence-electron chi connectivity index (χ2n) is 4.43. The van der Waals surface area contributed by atoms with Gasteiger partial charge >= 0.3 is 6.03 Å². The molecule has 0 bridgehead atoms. The van der Waals surface area contributed by atoms with Gasteiger partial charge in [0.25, 0.3) is 0 Å². The Hall–Kier alpha value is -1.26. The van der Waals surface area contributed by atoms with Gasteiger partial charge in [0.05, 0.1) is 0 Å². The molecular formula is C15H23ClN2O2. The molecule has 0 aromatic heterocycles. The molecule has 5 heteroatoms. The van der Waals surface area contributed by atoms with Gasteiger partial charge in [-0.1, -0.05) is 23.7 Å². The van der Waals surface area contributed by atoms with Crippen LogP contribution >= 0.6 is 11.6 Å². The van der Waals surface area contributed by atoms with Gasteiger partial charge < -0.3 is 15.0 Å². The zero-order valence-corrected chi connectivity index (χ0v) is 12.9. The molecule has 1 aromatic rings. The van der Waals surface area contributed by atoms with E-state index in [4.69, 9.17) is 16.3 Å². The third-order valence-corrected chi connectivity index (χ3v) is 3.11. The number of nitrogens with one attached hydrogen (secondary N) is 1. The SMILES string of the molecule is CCOCCCNC(=O)N(CC)Cc1cccc(Cl)c1.